The van der Waals surface area contributed by atoms with Crippen LogP contribution in [0.25, 0.3) is 0 Å². The molecule has 0 saturated heterocycles. The topological polar surface area (TPSA) is 42.6 Å². The normalized spacial score (nSPS) is 22.6. The quantitative estimate of drug-likeness (QED) is 0.883. The van der Waals surface area contributed by atoms with Gasteiger partial charge in [0.2, 0.25) is 0 Å². The molecule has 3 heteroatoms. The summed E-state index contributed by atoms with van der Waals surface area (Å²) in [6.45, 7) is 0. The molecule has 1 unspecified atom stereocenters. The van der Waals surface area contributed by atoms with Crippen LogP contribution in [0.4, 0.5) is 0 Å². The predicted molar refractivity (Wildman–Crippen MR) is 67.6 cm³/mol. The lowest BCUT2D eigenvalue weighted by Gasteiger charge is -2.32. The Hall–Kier alpha value is -1.74. The van der Waals surface area contributed by atoms with Gasteiger partial charge in [-0.3, -0.25) is 0 Å². The van der Waals surface area contributed by atoms with E-state index in [1.165, 1.54) is 5.56 Å². The Morgan fingerprint density at radius 3 is 2.89 bits per heavy atom. The maximum Gasteiger partial charge on any atom is 0.135 e. The molecule has 0 spiro atoms. The number of ether oxygens (including phenoxy) is 1. The van der Waals surface area contributed by atoms with Gasteiger partial charge in [0.15, 0.2) is 0 Å². The summed E-state index contributed by atoms with van der Waals surface area (Å²) in [7, 11) is 1.66. The van der Waals surface area contributed by atoms with Crippen LogP contribution < -0.4 is 4.74 Å². The van der Waals surface area contributed by atoms with Gasteiger partial charge in [-0.25, -0.2) is 0 Å². The van der Waals surface area contributed by atoms with Gasteiger partial charge in [0.05, 0.1) is 13.4 Å². The number of hydrogen-bond acceptors (Lipinski definition) is 3. The molecule has 1 aliphatic rings. The highest BCUT2D eigenvalue weighted by molar-refractivity contribution is 5.39. The van der Waals surface area contributed by atoms with Crippen LogP contribution in [0, 0.1) is 0 Å². The molecular weight excluding hydrogens is 228 g/mol. The van der Waals surface area contributed by atoms with Gasteiger partial charge in [0.1, 0.15) is 17.1 Å². The van der Waals surface area contributed by atoms with Crippen LogP contribution in [0.1, 0.15) is 23.3 Å². The van der Waals surface area contributed by atoms with E-state index in [0.717, 1.165) is 17.7 Å². The first-order valence-corrected chi connectivity index (χ1v) is 6.13. The van der Waals surface area contributed by atoms with Crippen molar-refractivity contribution in [2.24, 2.45) is 0 Å². The molecule has 1 N–H and O–H groups in total. The second-order valence-electron chi connectivity index (χ2n) is 4.82. The Morgan fingerprint density at radius 2 is 2.17 bits per heavy atom. The monoisotopic (exact) mass is 244 g/mol. The standard InChI is InChI=1S/C15H16O3/c1-17-13-5-4-11-6-7-15(16,10-12(11)9-13)14-3-2-8-18-14/h2-5,8-9,16H,6-7,10H2,1H3. The Bertz CT molecular complexity index is 545. The third-order valence-electron chi connectivity index (χ3n) is 3.68. The second kappa shape index (κ2) is 4.18. The lowest BCUT2D eigenvalue weighted by Crippen LogP contribution is -2.32. The summed E-state index contributed by atoms with van der Waals surface area (Å²) in [6, 6.07) is 9.70. The zero-order chi connectivity index (χ0) is 12.6. The van der Waals surface area contributed by atoms with Crippen LogP contribution in [0.3, 0.4) is 0 Å². The average Bonchev–Trinajstić information content (AvgIpc) is 2.92. The van der Waals surface area contributed by atoms with Crippen LogP contribution in [0.2, 0.25) is 0 Å². The molecule has 0 saturated carbocycles. The molecule has 94 valence electrons. The number of methoxy groups -OCH3 is 1. The molecule has 2 aromatic rings. The zero-order valence-electron chi connectivity index (χ0n) is 10.3. The van der Waals surface area contributed by atoms with E-state index >= 15 is 0 Å². The number of aryl methyl sites for hydroxylation is 1. The van der Waals surface area contributed by atoms with Crippen molar-refractivity contribution in [1.29, 1.82) is 0 Å². The van der Waals surface area contributed by atoms with E-state index in [0.29, 0.717) is 18.6 Å². The van der Waals surface area contributed by atoms with Crippen LogP contribution in [-0.2, 0) is 18.4 Å². The minimum atomic E-state index is -0.886. The summed E-state index contributed by atoms with van der Waals surface area (Å²) in [6.07, 6.45) is 3.73. The van der Waals surface area contributed by atoms with Crippen molar-refractivity contribution < 1.29 is 14.3 Å². The minimum Gasteiger partial charge on any atom is -0.497 e. The SMILES string of the molecule is COc1ccc2c(c1)CC(O)(c1ccco1)CC2. The smallest absolute Gasteiger partial charge is 0.135 e. The maximum absolute atomic E-state index is 10.7. The fourth-order valence-corrected chi connectivity index (χ4v) is 2.64. The van der Waals surface area contributed by atoms with Gasteiger partial charge in [-0.2, -0.15) is 0 Å². The predicted octanol–water partition coefficient (Wildman–Crippen LogP) is 2.66. The number of aliphatic hydroxyl groups is 1. The molecule has 3 rings (SSSR count). The molecule has 3 nitrogen and oxygen atoms in total. The summed E-state index contributed by atoms with van der Waals surface area (Å²) < 4.78 is 10.6. The number of rotatable bonds is 2. The third kappa shape index (κ3) is 1.81. The summed E-state index contributed by atoms with van der Waals surface area (Å²) in [5, 5.41) is 10.7. The molecule has 18 heavy (non-hydrogen) atoms. The summed E-state index contributed by atoms with van der Waals surface area (Å²) >= 11 is 0. The zero-order valence-corrected chi connectivity index (χ0v) is 10.3. The van der Waals surface area contributed by atoms with E-state index in [1.54, 1.807) is 13.4 Å². The molecule has 0 amide bonds. The summed E-state index contributed by atoms with van der Waals surface area (Å²) in [5.74, 6) is 1.48. The largest absolute Gasteiger partial charge is 0.497 e. The van der Waals surface area contributed by atoms with Crippen LogP contribution in [0.15, 0.2) is 41.0 Å². The van der Waals surface area contributed by atoms with E-state index in [1.807, 2.05) is 24.3 Å². The Kier molecular flexibility index (Phi) is 2.63. The number of hydrogen-bond donors (Lipinski definition) is 1. The van der Waals surface area contributed by atoms with Gasteiger partial charge < -0.3 is 14.3 Å². The van der Waals surface area contributed by atoms with Crippen LogP contribution in [0.5, 0.6) is 5.75 Å². The molecular formula is C15H16O3. The van der Waals surface area contributed by atoms with Crippen molar-refractivity contribution in [3.05, 3.63) is 53.5 Å². The number of benzene rings is 1. The van der Waals surface area contributed by atoms with Crippen molar-refractivity contribution in [3.8, 4) is 5.75 Å². The molecule has 1 aliphatic carbocycles. The minimum absolute atomic E-state index is 0.576. The fourth-order valence-electron chi connectivity index (χ4n) is 2.64. The Balaban J connectivity index is 1.96. The van der Waals surface area contributed by atoms with E-state index in [-0.39, 0.29) is 0 Å². The van der Waals surface area contributed by atoms with Crippen LogP contribution in [-0.4, -0.2) is 12.2 Å². The van der Waals surface area contributed by atoms with Gasteiger partial charge in [-0.1, -0.05) is 6.07 Å². The molecule has 1 heterocycles. The van der Waals surface area contributed by atoms with Crippen molar-refractivity contribution in [2.75, 3.05) is 7.11 Å². The lowest BCUT2D eigenvalue weighted by atomic mass is 9.79. The van der Waals surface area contributed by atoms with Gasteiger partial charge in [-0.15, -0.1) is 0 Å². The van der Waals surface area contributed by atoms with Crippen molar-refractivity contribution in [3.63, 3.8) is 0 Å². The first kappa shape index (κ1) is 11.4. The van der Waals surface area contributed by atoms with Crippen molar-refractivity contribution >= 4 is 0 Å². The number of furan rings is 1. The van der Waals surface area contributed by atoms with Crippen LogP contribution >= 0.6 is 0 Å². The highest BCUT2D eigenvalue weighted by Crippen LogP contribution is 2.37. The van der Waals surface area contributed by atoms with Gasteiger partial charge in [0, 0.05) is 6.42 Å². The molecule has 0 bridgehead atoms. The highest BCUT2D eigenvalue weighted by Gasteiger charge is 2.36. The lowest BCUT2D eigenvalue weighted by molar-refractivity contribution is 0.00124. The molecule has 0 aliphatic heterocycles. The van der Waals surface area contributed by atoms with E-state index < -0.39 is 5.60 Å². The fraction of sp³-hybridized carbons (Fsp3) is 0.333. The summed E-state index contributed by atoms with van der Waals surface area (Å²) in [4.78, 5) is 0. The third-order valence-corrected chi connectivity index (χ3v) is 3.68. The summed E-state index contributed by atoms with van der Waals surface area (Å²) in [5.41, 5.74) is 1.54. The first-order valence-electron chi connectivity index (χ1n) is 6.13. The first-order chi connectivity index (χ1) is 8.71. The molecule has 1 atom stereocenters. The number of fused-ring (bicyclic) bond motifs is 1. The Labute approximate surface area is 106 Å². The van der Waals surface area contributed by atoms with Gasteiger partial charge >= 0.3 is 0 Å². The molecule has 1 aromatic carbocycles. The van der Waals surface area contributed by atoms with Gasteiger partial charge in [-0.05, 0) is 48.2 Å². The second-order valence-corrected chi connectivity index (χ2v) is 4.82. The van der Waals surface area contributed by atoms with E-state index in [2.05, 4.69) is 6.07 Å². The van der Waals surface area contributed by atoms with Gasteiger partial charge in [0.25, 0.3) is 0 Å². The van der Waals surface area contributed by atoms with E-state index in [4.69, 9.17) is 9.15 Å². The van der Waals surface area contributed by atoms with Crippen molar-refractivity contribution in [2.45, 2.75) is 24.9 Å². The van der Waals surface area contributed by atoms with E-state index in [9.17, 15) is 5.11 Å². The van der Waals surface area contributed by atoms with Crippen molar-refractivity contribution in [1.82, 2.24) is 0 Å². The maximum atomic E-state index is 10.7. The molecule has 0 radical (unpaired) electrons. The highest BCUT2D eigenvalue weighted by atomic mass is 16.5. The molecule has 1 aromatic heterocycles. The average molecular weight is 244 g/mol. The molecule has 0 fully saturated rings. The Morgan fingerprint density at radius 1 is 1.28 bits per heavy atom.